The van der Waals surface area contributed by atoms with Crippen molar-refractivity contribution in [2.75, 3.05) is 20.3 Å². The number of carbonyl (C=O) groups excluding carboxylic acids is 2. The fourth-order valence-electron chi connectivity index (χ4n) is 2.81. The van der Waals surface area contributed by atoms with E-state index >= 15 is 0 Å². The molecule has 30 heavy (non-hydrogen) atoms. The molecule has 0 radical (unpaired) electrons. The second-order valence-electron chi connectivity index (χ2n) is 6.39. The van der Waals surface area contributed by atoms with Crippen molar-refractivity contribution in [2.24, 2.45) is 0 Å². The number of nitrogens with zero attached hydrogens (tertiary/aromatic N) is 1. The van der Waals surface area contributed by atoms with Crippen LogP contribution in [0, 0.1) is 0 Å². The van der Waals surface area contributed by atoms with Crippen LogP contribution in [0.3, 0.4) is 0 Å². The van der Waals surface area contributed by atoms with Crippen molar-refractivity contribution >= 4 is 46.2 Å². The number of nitrogens with one attached hydrogen (secondary N) is 1. The van der Waals surface area contributed by atoms with E-state index in [9.17, 15) is 9.59 Å². The first-order chi connectivity index (χ1) is 14.5. The Balaban J connectivity index is 1.62. The lowest BCUT2D eigenvalue weighted by Gasteiger charge is -2.12. The molecule has 2 aromatic carbocycles. The normalized spacial score (nSPS) is 14.9. The van der Waals surface area contributed by atoms with Gasteiger partial charge in [0.1, 0.15) is 4.32 Å². The van der Waals surface area contributed by atoms with E-state index < -0.39 is 0 Å². The number of amides is 2. The fourth-order valence-corrected chi connectivity index (χ4v) is 4.19. The molecule has 1 aliphatic rings. The van der Waals surface area contributed by atoms with Gasteiger partial charge in [-0.05, 0) is 36.3 Å². The second kappa shape index (κ2) is 10.3. The molecule has 0 unspecified atom stereocenters. The minimum Gasteiger partial charge on any atom is -0.493 e. The number of ether oxygens (including phenoxy) is 2. The predicted molar refractivity (Wildman–Crippen MR) is 122 cm³/mol. The van der Waals surface area contributed by atoms with Gasteiger partial charge in [0.25, 0.3) is 11.8 Å². The molecule has 0 saturated carbocycles. The Morgan fingerprint density at radius 1 is 1.20 bits per heavy atom. The summed E-state index contributed by atoms with van der Waals surface area (Å²) in [5.41, 5.74) is 1.80. The molecule has 2 amide bonds. The zero-order valence-electron chi connectivity index (χ0n) is 16.7. The molecule has 156 valence electrons. The van der Waals surface area contributed by atoms with Crippen LogP contribution in [0.1, 0.15) is 18.1 Å². The monoisotopic (exact) mass is 442 g/mol. The molecule has 1 heterocycles. The Morgan fingerprint density at radius 2 is 1.97 bits per heavy atom. The van der Waals surface area contributed by atoms with Crippen LogP contribution in [0.4, 0.5) is 0 Å². The lowest BCUT2D eigenvalue weighted by molar-refractivity contribution is -0.123. The van der Waals surface area contributed by atoms with Gasteiger partial charge in [0.2, 0.25) is 0 Å². The number of hydrogen-bond acceptors (Lipinski definition) is 6. The van der Waals surface area contributed by atoms with E-state index in [1.54, 1.807) is 29.2 Å². The maximum atomic E-state index is 12.4. The molecule has 0 aliphatic carbocycles. The minimum atomic E-state index is -0.228. The molecule has 1 aliphatic heterocycles. The SMILES string of the molecule is CCN1C(=O)/C(=C\c2ccc(OCC(=O)NCc3ccccc3)c(OC)c2)SC1=S. The predicted octanol–water partition coefficient (Wildman–Crippen LogP) is 3.61. The summed E-state index contributed by atoms with van der Waals surface area (Å²) in [4.78, 5) is 26.6. The van der Waals surface area contributed by atoms with E-state index in [0.29, 0.717) is 33.8 Å². The highest BCUT2D eigenvalue weighted by Crippen LogP contribution is 2.34. The molecule has 0 aromatic heterocycles. The molecule has 6 nitrogen and oxygen atoms in total. The fraction of sp³-hybridized carbons (Fsp3) is 0.227. The molecule has 2 aromatic rings. The van der Waals surface area contributed by atoms with E-state index in [2.05, 4.69) is 5.32 Å². The number of methoxy groups -OCH3 is 1. The molecular weight excluding hydrogens is 420 g/mol. The summed E-state index contributed by atoms with van der Waals surface area (Å²) in [6.45, 7) is 2.75. The van der Waals surface area contributed by atoms with Crippen LogP contribution in [-0.2, 0) is 16.1 Å². The van der Waals surface area contributed by atoms with E-state index in [1.807, 2.05) is 37.3 Å². The summed E-state index contributed by atoms with van der Waals surface area (Å²) < 4.78 is 11.6. The Morgan fingerprint density at radius 3 is 2.63 bits per heavy atom. The maximum Gasteiger partial charge on any atom is 0.266 e. The topological polar surface area (TPSA) is 67.9 Å². The number of rotatable bonds is 8. The zero-order valence-corrected chi connectivity index (χ0v) is 18.3. The molecule has 3 rings (SSSR count). The van der Waals surface area contributed by atoms with E-state index in [-0.39, 0.29) is 18.4 Å². The molecule has 1 saturated heterocycles. The first kappa shape index (κ1) is 21.9. The lowest BCUT2D eigenvalue weighted by Crippen LogP contribution is -2.28. The summed E-state index contributed by atoms with van der Waals surface area (Å²) in [5, 5.41) is 2.81. The van der Waals surface area contributed by atoms with Gasteiger partial charge in [-0.2, -0.15) is 0 Å². The van der Waals surface area contributed by atoms with Crippen molar-refractivity contribution in [2.45, 2.75) is 13.5 Å². The van der Waals surface area contributed by atoms with Crippen LogP contribution in [0.15, 0.2) is 53.4 Å². The molecule has 0 atom stereocenters. The molecule has 8 heteroatoms. The van der Waals surface area contributed by atoms with Gasteiger partial charge < -0.3 is 14.8 Å². The highest BCUT2D eigenvalue weighted by atomic mass is 32.2. The van der Waals surface area contributed by atoms with Gasteiger partial charge in [-0.1, -0.05) is 60.4 Å². The van der Waals surface area contributed by atoms with Gasteiger partial charge in [-0.15, -0.1) is 0 Å². The van der Waals surface area contributed by atoms with E-state index in [0.717, 1.165) is 11.1 Å². The first-order valence-electron chi connectivity index (χ1n) is 9.38. The van der Waals surface area contributed by atoms with Gasteiger partial charge in [0.05, 0.1) is 12.0 Å². The van der Waals surface area contributed by atoms with Gasteiger partial charge in [0.15, 0.2) is 18.1 Å². The molecule has 0 bridgehead atoms. The molecular formula is C22H22N2O4S2. The van der Waals surface area contributed by atoms with Crippen LogP contribution in [0.25, 0.3) is 6.08 Å². The van der Waals surface area contributed by atoms with Crippen molar-refractivity contribution < 1.29 is 19.1 Å². The first-order valence-corrected chi connectivity index (χ1v) is 10.6. The summed E-state index contributed by atoms with van der Waals surface area (Å²) in [6.07, 6.45) is 1.77. The number of hydrogen-bond donors (Lipinski definition) is 1. The number of thioether (sulfide) groups is 1. The second-order valence-corrected chi connectivity index (χ2v) is 8.06. The number of likely N-dealkylation sites (N-methyl/N-ethyl adjacent to an activating group) is 1. The average molecular weight is 443 g/mol. The Hall–Kier alpha value is -2.84. The highest BCUT2D eigenvalue weighted by Gasteiger charge is 2.30. The van der Waals surface area contributed by atoms with E-state index in [1.165, 1.54) is 18.9 Å². The smallest absolute Gasteiger partial charge is 0.266 e. The van der Waals surface area contributed by atoms with Gasteiger partial charge >= 0.3 is 0 Å². The van der Waals surface area contributed by atoms with Gasteiger partial charge in [0, 0.05) is 13.1 Å². The maximum absolute atomic E-state index is 12.4. The lowest BCUT2D eigenvalue weighted by atomic mass is 10.2. The van der Waals surface area contributed by atoms with Crippen molar-refractivity contribution in [3.63, 3.8) is 0 Å². The van der Waals surface area contributed by atoms with E-state index in [4.69, 9.17) is 21.7 Å². The third-order valence-electron chi connectivity index (χ3n) is 4.37. The molecule has 1 fully saturated rings. The van der Waals surface area contributed by atoms with Crippen LogP contribution >= 0.6 is 24.0 Å². The van der Waals surface area contributed by atoms with Crippen molar-refractivity contribution in [1.82, 2.24) is 10.2 Å². The van der Waals surface area contributed by atoms with Crippen LogP contribution < -0.4 is 14.8 Å². The largest absolute Gasteiger partial charge is 0.493 e. The standard InChI is InChI=1S/C22H22N2O4S2/c1-3-24-21(26)19(30-22(24)29)12-16-9-10-17(18(11-16)27-2)28-14-20(25)23-13-15-7-5-4-6-8-15/h4-12H,3,13-14H2,1-2H3,(H,23,25)/b19-12+. The van der Waals surface area contributed by atoms with Crippen molar-refractivity contribution in [1.29, 1.82) is 0 Å². The summed E-state index contributed by atoms with van der Waals surface area (Å²) >= 11 is 6.52. The third-order valence-corrected chi connectivity index (χ3v) is 5.74. The minimum absolute atomic E-state index is 0.0955. The average Bonchev–Trinajstić information content (AvgIpc) is 3.03. The third kappa shape index (κ3) is 5.40. The Labute approximate surface area is 185 Å². The Bertz CT molecular complexity index is 976. The van der Waals surface area contributed by atoms with Crippen molar-refractivity contribution in [3.05, 3.63) is 64.6 Å². The highest BCUT2D eigenvalue weighted by molar-refractivity contribution is 8.26. The quantitative estimate of drug-likeness (QED) is 0.498. The molecule has 0 spiro atoms. The van der Waals surface area contributed by atoms with Gasteiger partial charge in [-0.3, -0.25) is 14.5 Å². The van der Waals surface area contributed by atoms with Gasteiger partial charge in [-0.25, -0.2) is 0 Å². The van der Waals surface area contributed by atoms with Crippen LogP contribution in [0.2, 0.25) is 0 Å². The summed E-state index contributed by atoms with van der Waals surface area (Å²) in [7, 11) is 1.53. The van der Waals surface area contributed by atoms with Crippen molar-refractivity contribution in [3.8, 4) is 11.5 Å². The number of thiocarbonyl (C=S) groups is 1. The number of carbonyl (C=O) groups is 2. The summed E-state index contributed by atoms with van der Waals surface area (Å²) in [6, 6.07) is 14.9. The van der Waals surface area contributed by atoms with Crippen LogP contribution in [0.5, 0.6) is 11.5 Å². The summed E-state index contributed by atoms with van der Waals surface area (Å²) in [5.74, 6) is 0.603. The Kier molecular flexibility index (Phi) is 7.48. The zero-order chi connectivity index (χ0) is 21.5. The molecule has 1 N–H and O–H groups in total. The van der Waals surface area contributed by atoms with Crippen LogP contribution in [-0.4, -0.2) is 41.3 Å². The number of benzene rings is 2.